The van der Waals surface area contributed by atoms with E-state index in [0.717, 1.165) is 11.1 Å². The van der Waals surface area contributed by atoms with E-state index in [2.05, 4.69) is 5.09 Å². The quantitative estimate of drug-likeness (QED) is 0.612. The van der Waals surface area contributed by atoms with E-state index in [0.29, 0.717) is 21.8 Å². The van der Waals surface area contributed by atoms with E-state index in [1.165, 1.54) is 0 Å². The lowest BCUT2D eigenvalue weighted by Gasteiger charge is -2.19. The molecular formula is C17H17ClNO4P. The third-order valence-corrected chi connectivity index (χ3v) is 5.69. The first kappa shape index (κ1) is 17.2. The first-order valence-corrected chi connectivity index (χ1v) is 9.56. The third kappa shape index (κ3) is 3.01. The second-order valence-electron chi connectivity index (χ2n) is 5.20. The molecule has 2 aromatic carbocycles. The summed E-state index contributed by atoms with van der Waals surface area (Å²) < 4.78 is 23.1. The van der Waals surface area contributed by atoms with Crippen LogP contribution in [0.25, 0.3) is 11.1 Å². The molecule has 1 aliphatic rings. The highest BCUT2D eigenvalue weighted by molar-refractivity contribution is 7.55. The van der Waals surface area contributed by atoms with Crippen molar-refractivity contribution < 1.29 is 18.4 Å². The average Bonchev–Trinajstić information content (AvgIpc) is 2.81. The summed E-state index contributed by atoms with van der Waals surface area (Å²) in [6.07, 6.45) is 0. The summed E-state index contributed by atoms with van der Waals surface area (Å²) in [7, 11) is -3.53. The van der Waals surface area contributed by atoms with E-state index in [4.69, 9.17) is 20.6 Å². The normalized spacial score (nSPS) is 12.9. The van der Waals surface area contributed by atoms with Crippen molar-refractivity contribution in [3.05, 3.63) is 52.5 Å². The molecular weight excluding hydrogens is 349 g/mol. The topological polar surface area (TPSA) is 64.6 Å². The predicted octanol–water partition coefficient (Wildman–Crippen LogP) is 5.14. The molecule has 126 valence electrons. The van der Waals surface area contributed by atoms with E-state index in [-0.39, 0.29) is 19.0 Å². The molecule has 0 aromatic heterocycles. The minimum absolute atomic E-state index is 0.0806. The summed E-state index contributed by atoms with van der Waals surface area (Å²) in [5.41, 5.74) is 3.13. The van der Waals surface area contributed by atoms with Crippen molar-refractivity contribution in [1.29, 1.82) is 0 Å². The van der Waals surface area contributed by atoms with E-state index < -0.39 is 7.75 Å². The van der Waals surface area contributed by atoms with Crippen molar-refractivity contribution in [2.75, 3.05) is 18.3 Å². The Kier molecular flexibility index (Phi) is 4.79. The van der Waals surface area contributed by atoms with Gasteiger partial charge in [-0.1, -0.05) is 35.9 Å². The van der Waals surface area contributed by atoms with Crippen LogP contribution in [0.5, 0.6) is 0 Å². The number of carbonyl (C=O) groups is 1. The number of rotatable bonds is 6. The number of hydrogen-bond donors (Lipinski definition) is 1. The van der Waals surface area contributed by atoms with Crippen molar-refractivity contribution >= 4 is 30.8 Å². The molecule has 24 heavy (non-hydrogen) atoms. The number of hydrogen-bond acceptors (Lipinski definition) is 4. The molecule has 0 saturated heterocycles. The van der Waals surface area contributed by atoms with E-state index in [1.54, 1.807) is 32.0 Å². The molecule has 0 saturated carbocycles. The SMILES string of the molecule is CCOP(=O)(Nc1cc2c(cc1Cl)-c1ccccc1C2=O)OCC. The van der Waals surface area contributed by atoms with Gasteiger partial charge in [-0.05, 0) is 37.1 Å². The van der Waals surface area contributed by atoms with Gasteiger partial charge in [0.1, 0.15) is 0 Å². The minimum Gasteiger partial charge on any atom is -0.293 e. The Morgan fingerprint density at radius 2 is 1.62 bits per heavy atom. The molecule has 1 N–H and O–H groups in total. The molecule has 0 atom stereocenters. The lowest BCUT2D eigenvalue weighted by atomic mass is 10.1. The highest BCUT2D eigenvalue weighted by Crippen LogP contribution is 2.50. The van der Waals surface area contributed by atoms with Crippen LogP contribution < -0.4 is 5.09 Å². The molecule has 5 nitrogen and oxygen atoms in total. The van der Waals surface area contributed by atoms with Crippen LogP contribution in [-0.4, -0.2) is 19.0 Å². The van der Waals surface area contributed by atoms with Gasteiger partial charge in [0, 0.05) is 11.1 Å². The molecule has 0 bridgehead atoms. The van der Waals surface area contributed by atoms with Crippen molar-refractivity contribution in [3.63, 3.8) is 0 Å². The molecule has 0 unspecified atom stereocenters. The van der Waals surface area contributed by atoms with Crippen LogP contribution >= 0.6 is 19.3 Å². The van der Waals surface area contributed by atoms with Gasteiger partial charge in [-0.15, -0.1) is 0 Å². The number of anilines is 1. The lowest BCUT2D eigenvalue weighted by molar-refractivity contribution is 0.104. The van der Waals surface area contributed by atoms with Crippen LogP contribution in [0.15, 0.2) is 36.4 Å². The van der Waals surface area contributed by atoms with E-state index >= 15 is 0 Å². The number of halogens is 1. The zero-order valence-corrected chi connectivity index (χ0v) is 15.0. The average molecular weight is 366 g/mol. The third-order valence-electron chi connectivity index (χ3n) is 3.67. The van der Waals surface area contributed by atoms with Gasteiger partial charge >= 0.3 is 7.75 Å². The Bertz CT molecular complexity index is 842. The van der Waals surface area contributed by atoms with Gasteiger partial charge in [0.2, 0.25) is 0 Å². The Morgan fingerprint density at radius 1 is 1.00 bits per heavy atom. The number of carbonyl (C=O) groups excluding carboxylic acids is 1. The highest BCUT2D eigenvalue weighted by atomic mass is 35.5. The largest absolute Gasteiger partial charge is 0.432 e. The first-order valence-electron chi connectivity index (χ1n) is 7.64. The highest BCUT2D eigenvalue weighted by Gasteiger charge is 2.30. The maximum Gasteiger partial charge on any atom is 0.432 e. The van der Waals surface area contributed by atoms with Crippen LogP contribution in [0.2, 0.25) is 5.02 Å². The van der Waals surface area contributed by atoms with Gasteiger partial charge in [0.05, 0.1) is 23.9 Å². The fourth-order valence-electron chi connectivity index (χ4n) is 2.72. The maximum absolute atomic E-state index is 12.6. The summed E-state index contributed by atoms with van der Waals surface area (Å²) in [5, 5.41) is 3.07. The monoisotopic (exact) mass is 365 g/mol. The molecule has 0 spiro atoms. The molecule has 0 aliphatic heterocycles. The smallest absolute Gasteiger partial charge is 0.293 e. The van der Waals surface area contributed by atoms with Crippen LogP contribution in [0.1, 0.15) is 29.8 Å². The Hall–Kier alpha value is -1.65. The second-order valence-corrected chi connectivity index (χ2v) is 7.34. The van der Waals surface area contributed by atoms with Gasteiger partial charge in [0.15, 0.2) is 5.78 Å². The van der Waals surface area contributed by atoms with Gasteiger partial charge < -0.3 is 0 Å². The van der Waals surface area contributed by atoms with Gasteiger partial charge in [-0.3, -0.25) is 18.9 Å². The number of benzene rings is 2. The van der Waals surface area contributed by atoms with Crippen molar-refractivity contribution in [2.45, 2.75) is 13.8 Å². The van der Waals surface area contributed by atoms with Gasteiger partial charge in [-0.2, -0.15) is 0 Å². The number of fused-ring (bicyclic) bond motifs is 3. The number of nitrogens with one attached hydrogen (secondary N) is 1. The molecule has 1 aliphatic carbocycles. The second kappa shape index (κ2) is 6.69. The van der Waals surface area contributed by atoms with Crippen molar-refractivity contribution in [2.24, 2.45) is 0 Å². The van der Waals surface area contributed by atoms with Gasteiger partial charge in [0.25, 0.3) is 0 Å². The Morgan fingerprint density at radius 3 is 2.25 bits per heavy atom. The zero-order valence-electron chi connectivity index (χ0n) is 13.3. The molecule has 0 fully saturated rings. The van der Waals surface area contributed by atoms with Crippen LogP contribution in [0.3, 0.4) is 0 Å². The predicted molar refractivity (Wildman–Crippen MR) is 94.8 cm³/mol. The van der Waals surface area contributed by atoms with Crippen LogP contribution in [0, 0.1) is 0 Å². The fourth-order valence-corrected chi connectivity index (χ4v) is 4.36. The van der Waals surface area contributed by atoms with E-state index in [1.807, 2.05) is 18.2 Å². The molecule has 0 amide bonds. The molecule has 7 heteroatoms. The summed E-state index contributed by atoms with van der Waals surface area (Å²) in [6, 6.07) is 10.7. The van der Waals surface area contributed by atoms with Crippen LogP contribution in [0.4, 0.5) is 5.69 Å². The van der Waals surface area contributed by atoms with E-state index in [9.17, 15) is 9.36 Å². The Labute approximate surface area is 145 Å². The molecule has 3 rings (SSSR count). The van der Waals surface area contributed by atoms with Crippen molar-refractivity contribution in [1.82, 2.24) is 0 Å². The molecule has 0 radical (unpaired) electrons. The number of ketones is 1. The Balaban J connectivity index is 2.02. The summed E-state index contributed by atoms with van der Waals surface area (Å²) in [5.74, 6) is -0.0806. The fraction of sp³-hybridized carbons (Fsp3) is 0.235. The van der Waals surface area contributed by atoms with Gasteiger partial charge in [-0.25, -0.2) is 4.57 Å². The first-order chi connectivity index (χ1) is 11.5. The summed E-state index contributed by atoms with van der Waals surface area (Å²) in [4.78, 5) is 12.6. The molecule has 0 heterocycles. The summed E-state index contributed by atoms with van der Waals surface area (Å²) >= 11 is 6.32. The zero-order chi connectivity index (χ0) is 17.3. The maximum atomic E-state index is 12.6. The summed E-state index contributed by atoms with van der Waals surface area (Å²) in [6.45, 7) is 3.88. The minimum atomic E-state index is -3.53. The van der Waals surface area contributed by atoms with Crippen molar-refractivity contribution in [3.8, 4) is 11.1 Å². The lowest BCUT2D eigenvalue weighted by Crippen LogP contribution is -2.06. The van der Waals surface area contributed by atoms with Crippen LogP contribution in [-0.2, 0) is 13.6 Å². The molecule has 2 aromatic rings. The standard InChI is InChI=1S/C17H17ClNO4P/c1-3-22-24(21,23-4-2)19-16-10-14-13(9-15(16)18)11-7-5-6-8-12(11)17(14)20/h5-10H,3-4H2,1-2H3,(H,19,21).